The van der Waals surface area contributed by atoms with E-state index in [4.69, 9.17) is 11.6 Å². The Balaban J connectivity index is 1.89. The van der Waals surface area contributed by atoms with E-state index < -0.39 is 17.4 Å². The van der Waals surface area contributed by atoms with E-state index in [9.17, 15) is 14.7 Å². The normalized spacial score (nSPS) is 36.8. The van der Waals surface area contributed by atoms with Crippen LogP contribution in [0, 0.1) is 23.7 Å². The summed E-state index contributed by atoms with van der Waals surface area (Å²) < 4.78 is 1.42. The molecule has 0 aliphatic heterocycles. The van der Waals surface area contributed by atoms with Gasteiger partial charge in [0.2, 0.25) is 0 Å². The predicted octanol–water partition coefficient (Wildman–Crippen LogP) is 2.20. The van der Waals surface area contributed by atoms with Gasteiger partial charge in [-0.15, -0.1) is 0 Å². The number of rotatable bonds is 3. The van der Waals surface area contributed by atoms with Crippen LogP contribution in [0.4, 0.5) is 5.69 Å². The van der Waals surface area contributed by atoms with Crippen LogP contribution in [-0.2, 0) is 10.3 Å². The maximum atomic E-state index is 12.9. The van der Waals surface area contributed by atoms with E-state index in [1.165, 1.54) is 4.68 Å². The highest BCUT2D eigenvalue weighted by molar-refractivity contribution is 6.33. The summed E-state index contributed by atoms with van der Waals surface area (Å²) in [7, 11) is 3.61. The topological polar surface area (TPSA) is 75.4 Å². The molecule has 0 aromatic carbocycles. The zero-order valence-electron chi connectivity index (χ0n) is 13.9. The molecule has 4 bridgehead atoms. The lowest BCUT2D eigenvalue weighted by molar-refractivity contribution is -0.168. The third kappa shape index (κ3) is 2.05. The van der Waals surface area contributed by atoms with Gasteiger partial charge in [0.25, 0.3) is 5.56 Å². The molecule has 1 aromatic heterocycles. The second-order valence-corrected chi connectivity index (χ2v) is 8.36. The zero-order valence-corrected chi connectivity index (χ0v) is 14.7. The second-order valence-electron chi connectivity index (χ2n) is 7.98. The molecular formula is C17H22ClN3O3. The van der Waals surface area contributed by atoms with Gasteiger partial charge in [-0.2, -0.15) is 5.10 Å². The van der Waals surface area contributed by atoms with Crippen LogP contribution < -0.4 is 10.5 Å². The first kappa shape index (κ1) is 15.9. The number of carboxylic acid groups (broad SMARTS) is 1. The Morgan fingerprint density at radius 2 is 1.96 bits per heavy atom. The Hall–Kier alpha value is -1.56. The van der Waals surface area contributed by atoms with Gasteiger partial charge in [-0.25, -0.2) is 4.68 Å². The summed E-state index contributed by atoms with van der Waals surface area (Å²) in [5.41, 5.74) is -0.517. The number of anilines is 1. The van der Waals surface area contributed by atoms with Gasteiger partial charge in [0, 0.05) is 14.1 Å². The van der Waals surface area contributed by atoms with Crippen molar-refractivity contribution in [2.45, 2.75) is 37.6 Å². The van der Waals surface area contributed by atoms with Crippen LogP contribution in [0.15, 0.2) is 11.0 Å². The first-order chi connectivity index (χ1) is 11.3. The molecule has 0 saturated heterocycles. The van der Waals surface area contributed by atoms with Gasteiger partial charge in [-0.1, -0.05) is 11.6 Å². The first-order valence-corrected chi connectivity index (χ1v) is 8.89. The summed E-state index contributed by atoms with van der Waals surface area (Å²) in [4.78, 5) is 26.7. The first-order valence-electron chi connectivity index (χ1n) is 8.52. The minimum atomic E-state index is -0.805. The number of aliphatic carboxylic acids is 1. The fraction of sp³-hybridized carbons (Fsp3) is 0.706. The molecule has 4 aliphatic carbocycles. The van der Waals surface area contributed by atoms with E-state index in [-0.39, 0.29) is 16.5 Å². The van der Waals surface area contributed by atoms with Crippen molar-refractivity contribution in [3.05, 3.63) is 21.6 Å². The Morgan fingerprint density at radius 3 is 2.50 bits per heavy atom. The number of aromatic nitrogens is 2. The number of hydrogen-bond donors (Lipinski definition) is 1. The number of halogens is 1. The van der Waals surface area contributed by atoms with Crippen LogP contribution in [0.2, 0.25) is 5.02 Å². The molecule has 0 unspecified atom stereocenters. The van der Waals surface area contributed by atoms with Crippen molar-refractivity contribution in [2.75, 3.05) is 19.0 Å². The minimum Gasteiger partial charge on any atom is -0.481 e. The second kappa shape index (κ2) is 5.22. The fourth-order valence-corrected chi connectivity index (χ4v) is 6.08. The number of nitrogens with zero attached hydrogens (tertiary/aromatic N) is 3. The van der Waals surface area contributed by atoms with Crippen molar-refractivity contribution in [1.29, 1.82) is 0 Å². The smallest absolute Gasteiger partial charge is 0.309 e. The highest BCUT2D eigenvalue weighted by Gasteiger charge is 2.61. The van der Waals surface area contributed by atoms with Crippen molar-refractivity contribution >= 4 is 23.3 Å². The summed E-state index contributed by atoms with van der Waals surface area (Å²) in [6.07, 6.45) is 6.12. The van der Waals surface area contributed by atoms with E-state index in [0.29, 0.717) is 17.5 Å². The zero-order chi connectivity index (χ0) is 17.2. The van der Waals surface area contributed by atoms with Crippen molar-refractivity contribution < 1.29 is 9.90 Å². The monoisotopic (exact) mass is 351 g/mol. The van der Waals surface area contributed by atoms with E-state index in [1.54, 1.807) is 25.2 Å². The van der Waals surface area contributed by atoms with Crippen molar-refractivity contribution in [3.63, 3.8) is 0 Å². The Bertz CT molecular complexity index is 746. The molecule has 0 spiro atoms. The summed E-state index contributed by atoms with van der Waals surface area (Å²) in [5.74, 6) is -0.204. The summed E-state index contributed by atoms with van der Waals surface area (Å²) in [5, 5.41) is 14.4. The van der Waals surface area contributed by atoms with Crippen LogP contribution in [0.5, 0.6) is 0 Å². The van der Waals surface area contributed by atoms with Crippen molar-refractivity contribution in [2.24, 2.45) is 23.7 Å². The highest BCUT2D eigenvalue weighted by atomic mass is 35.5. The Labute approximate surface area is 145 Å². The Kier molecular flexibility index (Phi) is 3.46. The molecule has 0 radical (unpaired) electrons. The van der Waals surface area contributed by atoms with Crippen molar-refractivity contribution in [1.82, 2.24) is 9.78 Å². The standard InChI is InChI=1S/C17H22ClN3O3/c1-20(2)12-8-19-21(15(22)14(12)18)17-6-9-3-10(7-17)5-11(4-9)13(17)16(23)24/h8-11,13H,3-7H2,1-2H3,(H,23,24)/t9-,10-,11?,13-,17?/m0/s1. The van der Waals surface area contributed by atoms with Gasteiger partial charge in [0.15, 0.2) is 0 Å². The molecule has 1 N–H and O–H groups in total. The maximum Gasteiger partial charge on any atom is 0.309 e. The van der Waals surface area contributed by atoms with E-state index in [2.05, 4.69) is 5.10 Å². The maximum absolute atomic E-state index is 12.9. The van der Waals surface area contributed by atoms with Gasteiger partial charge < -0.3 is 10.0 Å². The lowest BCUT2D eigenvalue weighted by atomic mass is 9.48. The average molecular weight is 352 g/mol. The van der Waals surface area contributed by atoms with Gasteiger partial charge in [0.1, 0.15) is 5.02 Å². The Morgan fingerprint density at radius 1 is 1.33 bits per heavy atom. The molecule has 0 amide bonds. The lowest BCUT2D eigenvalue weighted by Gasteiger charge is -2.59. The van der Waals surface area contributed by atoms with E-state index in [1.807, 2.05) is 0 Å². The van der Waals surface area contributed by atoms with Crippen molar-refractivity contribution in [3.8, 4) is 0 Å². The molecule has 4 fully saturated rings. The SMILES string of the molecule is CN(C)c1cnn(C23C[C@@H]4CC(C[C@H](C4)C2)[C@H]3C(=O)O)c(=O)c1Cl. The molecule has 6 nitrogen and oxygen atoms in total. The van der Waals surface area contributed by atoms with Crippen LogP contribution in [-0.4, -0.2) is 35.0 Å². The molecular weight excluding hydrogens is 330 g/mol. The number of carbonyl (C=O) groups is 1. The minimum absolute atomic E-state index is 0.120. The van der Waals surface area contributed by atoms with Gasteiger partial charge in [0.05, 0.1) is 23.3 Å². The highest BCUT2D eigenvalue weighted by Crippen LogP contribution is 2.61. The van der Waals surface area contributed by atoms with Crippen LogP contribution in [0.1, 0.15) is 32.1 Å². The molecule has 130 valence electrons. The molecule has 1 aromatic rings. The summed E-state index contributed by atoms with van der Waals surface area (Å²) in [6.45, 7) is 0. The quantitative estimate of drug-likeness (QED) is 0.903. The largest absolute Gasteiger partial charge is 0.481 e. The molecule has 3 atom stereocenters. The van der Waals surface area contributed by atoms with Gasteiger partial charge >= 0.3 is 5.97 Å². The molecule has 4 aliphatic rings. The summed E-state index contributed by atoms with van der Waals surface area (Å²) in [6, 6.07) is 0. The average Bonchev–Trinajstić information content (AvgIpc) is 2.47. The predicted molar refractivity (Wildman–Crippen MR) is 90.5 cm³/mol. The molecule has 4 saturated carbocycles. The molecule has 7 heteroatoms. The fourth-order valence-electron chi connectivity index (χ4n) is 5.79. The van der Waals surface area contributed by atoms with Crippen LogP contribution >= 0.6 is 11.6 Å². The molecule has 5 rings (SSSR count). The van der Waals surface area contributed by atoms with Crippen LogP contribution in [0.25, 0.3) is 0 Å². The molecule has 24 heavy (non-hydrogen) atoms. The number of carboxylic acids is 1. The lowest BCUT2D eigenvalue weighted by Crippen LogP contribution is -2.63. The number of hydrogen-bond acceptors (Lipinski definition) is 4. The third-order valence-corrected chi connectivity index (χ3v) is 6.70. The molecule has 1 heterocycles. The van der Waals surface area contributed by atoms with Gasteiger partial charge in [-0.3, -0.25) is 9.59 Å². The summed E-state index contributed by atoms with van der Waals surface area (Å²) >= 11 is 6.30. The van der Waals surface area contributed by atoms with Crippen LogP contribution in [0.3, 0.4) is 0 Å². The van der Waals surface area contributed by atoms with E-state index in [0.717, 1.165) is 32.1 Å². The third-order valence-electron chi connectivity index (χ3n) is 6.34. The van der Waals surface area contributed by atoms with E-state index >= 15 is 0 Å². The van der Waals surface area contributed by atoms with Gasteiger partial charge in [-0.05, 0) is 49.9 Å².